The van der Waals surface area contributed by atoms with Crippen LogP contribution in [0, 0.1) is 101 Å². The van der Waals surface area contributed by atoms with Crippen LogP contribution in [0.4, 0.5) is 0 Å². The van der Waals surface area contributed by atoms with Gasteiger partial charge in [0.15, 0.2) is 29.5 Å². The van der Waals surface area contributed by atoms with Gasteiger partial charge in [-0.1, -0.05) is 0 Å². The van der Waals surface area contributed by atoms with Crippen LogP contribution in [0.25, 0.3) is 0 Å². The van der Waals surface area contributed by atoms with Crippen LogP contribution in [0.1, 0.15) is 0 Å². The van der Waals surface area contributed by atoms with Crippen molar-refractivity contribution < 1.29 is 49.2 Å². The Labute approximate surface area is 174 Å². The average Bonchev–Trinajstić information content (AvgIpc) is 2.60. The minimum Gasteiger partial charge on any atom is -0.257 e. The molecular weight excluding hydrogens is 508 g/mol. The van der Waals surface area contributed by atoms with Crippen molar-refractivity contribution in [1.82, 2.24) is 0 Å². The maximum absolute atomic E-state index is 11.6. The second-order valence-corrected chi connectivity index (χ2v) is 5.19. The van der Waals surface area contributed by atoms with Gasteiger partial charge in [0.05, 0.1) is 0 Å². The van der Waals surface area contributed by atoms with Crippen LogP contribution in [0.15, 0.2) is 0 Å². The fraction of sp³-hybridized carbons (Fsp3) is 1.00. The van der Waals surface area contributed by atoms with Gasteiger partial charge in [-0.25, -0.2) is 0 Å². The van der Waals surface area contributed by atoms with Crippen LogP contribution < -0.4 is 0 Å². The smallest absolute Gasteiger partial charge is 0.257 e. The van der Waals surface area contributed by atoms with Crippen molar-refractivity contribution in [2.45, 2.75) is 22.9 Å². The van der Waals surface area contributed by atoms with Crippen molar-refractivity contribution in [2.24, 2.45) is 0 Å². The lowest BCUT2D eigenvalue weighted by molar-refractivity contribution is -1.13. The van der Waals surface area contributed by atoms with E-state index in [2.05, 4.69) is 0 Å². The Balaban J connectivity index is 9.45. The first-order valence-corrected chi connectivity index (χ1v) is 6.64. The Bertz CT molecular complexity index is 887. The van der Waals surface area contributed by atoms with Crippen molar-refractivity contribution in [3.8, 4) is 0 Å². The predicted octanol–water partition coefficient (Wildman–Crippen LogP) is -3.55. The van der Waals surface area contributed by atoms with Crippen LogP contribution in [-0.4, -0.2) is 72.1 Å². The molecule has 0 saturated carbocycles. The highest BCUT2D eigenvalue weighted by molar-refractivity contribution is 4.97. The molecule has 0 rings (SSSR count). The molecule has 0 bridgehead atoms. The lowest BCUT2D eigenvalue weighted by Gasteiger charge is -2.22. The third-order valence-corrected chi connectivity index (χ3v) is 4.01. The number of hydrogen-bond acceptors (Lipinski definition) is 20. The monoisotopic (exact) mass is 508 g/mol. The molecule has 0 atom stereocenters. The normalized spacial score (nSPS) is 12.1. The third-order valence-electron chi connectivity index (χ3n) is 4.01. The van der Waals surface area contributed by atoms with E-state index in [1.54, 1.807) is 0 Å². The van der Waals surface area contributed by atoms with E-state index in [0.717, 1.165) is 0 Å². The van der Waals surface area contributed by atoms with E-state index in [-0.39, 0.29) is 0 Å². The van der Waals surface area contributed by atoms with E-state index < -0.39 is 72.1 Å². The highest BCUT2D eigenvalue weighted by Gasteiger charge is 3.32. The Kier molecular flexibility index (Phi) is 6.52. The number of nitro groups is 10. The van der Waals surface area contributed by atoms with Gasteiger partial charge in [-0.3, -0.25) is 101 Å². The second-order valence-electron chi connectivity index (χ2n) is 5.19. The van der Waals surface area contributed by atoms with Crippen LogP contribution in [-0.2, 0) is 0 Å². The molecule has 0 aromatic rings. The molecule has 0 aliphatic heterocycles. The summed E-state index contributed by atoms with van der Waals surface area (Å²) in [6, 6.07) is 0. The summed E-state index contributed by atoms with van der Waals surface area (Å²) in [6.45, 7) is 0. The third kappa shape index (κ3) is 2.48. The molecular formula is C4N10O20. The van der Waals surface area contributed by atoms with Crippen molar-refractivity contribution in [1.29, 1.82) is 0 Å². The van der Waals surface area contributed by atoms with Gasteiger partial charge in [0.1, 0.15) is 19.7 Å². The number of nitrogens with zero attached hydrogens (tertiary/aromatic N) is 10. The number of hydrogen-bond donors (Lipinski definition) is 0. The minimum atomic E-state index is -7.21. The van der Waals surface area contributed by atoms with E-state index in [4.69, 9.17) is 0 Å². The summed E-state index contributed by atoms with van der Waals surface area (Å²) in [4.78, 5) is 79.3. The van der Waals surface area contributed by atoms with Gasteiger partial charge in [-0.15, -0.1) is 0 Å². The summed E-state index contributed by atoms with van der Waals surface area (Å²) >= 11 is 0. The molecule has 0 heterocycles. The van der Waals surface area contributed by atoms with Crippen molar-refractivity contribution in [3.63, 3.8) is 0 Å². The molecule has 0 fully saturated rings. The molecule has 0 spiro atoms. The van der Waals surface area contributed by atoms with Gasteiger partial charge < -0.3 is 0 Å². The van der Waals surface area contributed by atoms with Crippen molar-refractivity contribution >= 4 is 0 Å². The SMILES string of the molecule is O=[N+]([O-])C([N+](=O)[O-])([N+](=O)[O-])C([N+](=O)[O-])([N+](=O)[O-])C([N+](=O)[O-])([N+](=O)[O-])C([N+](=O)[O-])([N+](=O)[O-])[N+](=O)[O-]. The molecule has 0 radical (unpaired) electrons. The zero-order valence-corrected chi connectivity index (χ0v) is 14.6. The van der Waals surface area contributed by atoms with E-state index >= 15 is 0 Å². The molecule has 0 amide bonds. The van der Waals surface area contributed by atoms with E-state index in [1.165, 1.54) is 0 Å². The highest BCUT2D eigenvalue weighted by atomic mass is 16.8. The molecule has 34 heavy (non-hydrogen) atoms. The Morgan fingerprint density at radius 2 is 0.382 bits per heavy atom. The van der Waals surface area contributed by atoms with Crippen LogP contribution in [0.5, 0.6) is 0 Å². The molecule has 0 aliphatic rings. The van der Waals surface area contributed by atoms with Gasteiger partial charge in [0, 0.05) is 0 Å². The first kappa shape index (κ1) is 28.0. The molecule has 30 nitrogen and oxygen atoms in total. The van der Waals surface area contributed by atoms with Crippen LogP contribution >= 0.6 is 0 Å². The number of rotatable bonds is 13. The molecule has 0 saturated heterocycles. The first-order valence-electron chi connectivity index (χ1n) is 6.64. The van der Waals surface area contributed by atoms with Gasteiger partial charge >= 0.3 is 22.9 Å². The zero-order chi connectivity index (χ0) is 27.8. The summed E-state index contributed by atoms with van der Waals surface area (Å²) < 4.78 is 0. The molecule has 0 unspecified atom stereocenters. The molecule has 0 aromatic heterocycles. The van der Waals surface area contributed by atoms with Crippen LogP contribution in [0.3, 0.4) is 0 Å². The molecule has 0 aliphatic carbocycles. The molecule has 30 heteroatoms. The topological polar surface area (TPSA) is 431 Å². The summed E-state index contributed by atoms with van der Waals surface area (Å²) in [5.41, 5.74) is -14.4. The van der Waals surface area contributed by atoms with E-state index in [0.29, 0.717) is 0 Å². The first-order chi connectivity index (χ1) is 15.2. The Hall–Kier alpha value is -6.00. The van der Waals surface area contributed by atoms with Gasteiger partial charge in [-0.2, -0.15) is 0 Å². The largest absolute Gasteiger partial charge is 0.860 e. The summed E-state index contributed by atoms with van der Waals surface area (Å²) in [6.07, 6.45) is 0. The highest BCUT2D eigenvalue weighted by Crippen LogP contribution is 2.49. The fourth-order valence-corrected chi connectivity index (χ4v) is 2.76. The van der Waals surface area contributed by atoms with Crippen molar-refractivity contribution in [3.05, 3.63) is 101 Å². The lowest BCUT2D eigenvalue weighted by atomic mass is 9.81. The fourth-order valence-electron chi connectivity index (χ4n) is 2.76. The molecule has 0 aromatic carbocycles. The standard InChI is InChI=1S/C4N10O20/c15-5(16)1(6(17)18,3(9(23)24,10(25)26)11(27)28)2(7(19)20,8(21)22)4(12(29)30,13(31)32)14(33)34. The average molecular weight is 508 g/mol. The predicted molar refractivity (Wildman–Crippen MR) is 80.9 cm³/mol. The maximum Gasteiger partial charge on any atom is 0.860 e. The summed E-state index contributed by atoms with van der Waals surface area (Å²) in [7, 11) is 0. The van der Waals surface area contributed by atoms with Crippen molar-refractivity contribution in [2.75, 3.05) is 0 Å². The molecule has 0 N–H and O–H groups in total. The lowest BCUT2D eigenvalue weighted by Crippen LogP contribution is -2.93. The Morgan fingerprint density at radius 3 is 0.441 bits per heavy atom. The van der Waals surface area contributed by atoms with E-state index in [1.807, 2.05) is 0 Å². The van der Waals surface area contributed by atoms with Gasteiger partial charge in [-0.05, 0) is 0 Å². The summed E-state index contributed by atoms with van der Waals surface area (Å²) in [5, 5.41) is 114. The summed E-state index contributed by atoms with van der Waals surface area (Å²) in [5.74, 6) is -13.6. The quantitative estimate of drug-likeness (QED) is 0.132. The van der Waals surface area contributed by atoms with Gasteiger partial charge in [0.25, 0.3) is 0 Å². The molecule has 186 valence electrons. The van der Waals surface area contributed by atoms with Gasteiger partial charge in [0.2, 0.25) is 0 Å². The zero-order valence-electron chi connectivity index (χ0n) is 14.6. The Morgan fingerprint density at radius 1 is 0.265 bits per heavy atom. The van der Waals surface area contributed by atoms with Crippen LogP contribution in [0.2, 0.25) is 0 Å². The second kappa shape index (κ2) is 7.92. The minimum absolute atomic E-state index is 3.37. The maximum atomic E-state index is 11.6. The van der Waals surface area contributed by atoms with E-state index in [9.17, 15) is 101 Å².